The van der Waals surface area contributed by atoms with Gasteiger partial charge in [-0.15, -0.1) is 24.0 Å². The van der Waals surface area contributed by atoms with E-state index in [9.17, 15) is 0 Å². The van der Waals surface area contributed by atoms with Gasteiger partial charge in [0.2, 0.25) is 0 Å². The summed E-state index contributed by atoms with van der Waals surface area (Å²) in [4.78, 5) is 4.17. The van der Waals surface area contributed by atoms with Crippen molar-refractivity contribution in [3.8, 4) is 0 Å². The average molecular weight is 391 g/mol. The quantitative estimate of drug-likeness (QED) is 0.427. The topological polar surface area (TPSA) is 45.7 Å². The van der Waals surface area contributed by atoms with Crippen molar-refractivity contribution >= 4 is 29.9 Å². The number of rotatable bonds is 7. The molecule has 0 radical (unpaired) electrons. The maximum absolute atomic E-state index is 5.37. The number of aliphatic imine (C=N–C) groups is 1. The summed E-state index contributed by atoms with van der Waals surface area (Å²) in [5.74, 6) is 0.847. The minimum Gasteiger partial charge on any atom is -0.377 e. The summed E-state index contributed by atoms with van der Waals surface area (Å²) in [7, 11) is 1.79. The van der Waals surface area contributed by atoms with Crippen LogP contribution in [0.3, 0.4) is 0 Å². The largest absolute Gasteiger partial charge is 0.377 e. The van der Waals surface area contributed by atoms with Gasteiger partial charge in [-0.3, -0.25) is 4.99 Å². The van der Waals surface area contributed by atoms with Gasteiger partial charge in [0.05, 0.1) is 6.61 Å². The molecule has 2 N–H and O–H groups in total. The highest BCUT2D eigenvalue weighted by Gasteiger charge is 1.98. The summed E-state index contributed by atoms with van der Waals surface area (Å²) in [6, 6.07) is 8.45. The zero-order valence-corrected chi connectivity index (χ0v) is 14.9. The Morgan fingerprint density at radius 1 is 1.10 bits per heavy atom. The number of hydrogen-bond donors (Lipinski definition) is 2. The van der Waals surface area contributed by atoms with E-state index < -0.39 is 0 Å². The van der Waals surface area contributed by atoms with Crippen LogP contribution in [-0.4, -0.2) is 26.2 Å². The number of nitrogens with one attached hydrogen (secondary N) is 2. The van der Waals surface area contributed by atoms with Gasteiger partial charge in [-0.25, -0.2) is 0 Å². The lowest BCUT2D eigenvalue weighted by atomic mass is 10.1. The number of halogens is 1. The molecule has 0 amide bonds. The number of nitrogens with zero attached hydrogens (tertiary/aromatic N) is 1. The third-order valence-corrected chi connectivity index (χ3v) is 2.72. The van der Waals surface area contributed by atoms with Crippen LogP contribution >= 0.6 is 24.0 Å². The van der Waals surface area contributed by atoms with E-state index in [1.165, 1.54) is 11.1 Å². The molecule has 0 heterocycles. The Hall–Kier alpha value is -0.820. The SMILES string of the molecule is CCCNC(=NC)NCc1ccc(COCC)cc1.I. The van der Waals surface area contributed by atoms with Crippen LogP contribution in [-0.2, 0) is 17.9 Å². The van der Waals surface area contributed by atoms with Crippen LogP contribution in [0.5, 0.6) is 0 Å². The first-order chi connectivity index (χ1) is 9.30. The van der Waals surface area contributed by atoms with Crippen LogP contribution in [0.2, 0.25) is 0 Å². The molecule has 0 unspecified atom stereocenters. The first-order valence-corrected chi connectivity index (χ1v) is 6.90. The molecule has 0 aliphatic heterocycles. The molecule has 0 spiro atoms. The zero-order valence-electron chi connectivity index (χ0n) is 12.6. The summed E-state index contributed by atoms with van der Waals surface area (Å²) in [5, 5.41) is 6.54. The van der Waals surface area contributed by atoms with E-state index in [1.54, 1.807) is 7.05 Å². The first kappa shape index (κ1) is 19.2. The molecular formula is C15H26IN3O. The standard InChI is InChI=1S/C15H25N3O.HI/c1-4-10-17-15(16-3)18-11-13-6-8-14(9-7-13)12-19-5-2;/h6-9H,4-5,10-12H2,1-3H3,(H2,16,17,18);1H. The molecule has 0 atom stereocenters. The lowest BCUT2D eigenvalue weighted by Gasteiger charge is -2.11. The van der Waals surface area contributed by atoms with Gasteiger partial charge < -0.3 is 15.4 Å². The second-order valence-corrected chi connectivity index (χ2v) is 4.31. The van der Waals surface area contributed by atoms with E-state index in [4.69, 9.17) is 4.74 Å². The Labute approximate surface area is 139 Å². The molecule has 114 valence electrons. The van der Waals surface area contributed by atoms with E-state index in [-0.39, 0.29) is 24.0 Å². The summed E-state index contributed by atoms with van der Waals surface area (Å²) >= 11 is 0. The fourth-order valence-electron chi connectivity index (χ4n) is 1.62. The third kappa shape index (κ3) is 7.69. The first-order valence-electron chi connectivity index (χ1n) is 6.90. The van der Waals surface area contributed by atoms with E-state index in [2.05, 4.69) is 46.8 Å². The zero-order chi connectivity index (χ0) is 13.9. The van der Waals surface area contributed by atoms with Crippen molar-refractivity contribution in [1.82, 2.24) is 10.6 Å². The van der Waals surface area contributed by atoms with Crippen LogP contribution in [0.4, 0.5) is 0 Å². The molecule has 0 aliphatic rings. The monoisotopic (exact) mass is 391 g/mol. The Morgan fingerprint density at radius 2 is 1.75 bits per heavy atom. The van der Waals surface area contributed by atoms with Crippen LogP contribution in [0.1, 0.15) is 31.4 Å². The van der Waals surface area contributed by atoms with Crippen molar-refractivity contribution in [3.05, 3.63) is 35.4 Å². The Bertz CT molecular complexity index is 379. The van der Waals surface area contributed by atoms with Crippen molar-refractivity contribution in [3.63, 3.8) is 0 Å². The predicted molar refractivity (Wildman–Crippen MR) is 95.7 cm³/mol. The number of ether oxygens (including phenoxy) is 1. The molecule has 0 saturated heterocycles. The average Bonchev–Trinajstić information content (AvgIpc) is 2.46. The second-order valence-electron chi connectivity index (χ2n) is 4.31. The van der Waals surface area contributed by atoms with Crippen molar-refractivity contribution in [1.29, 1.82) is 0 Å². The molecule has 1 aromatic carbocycles. The number of hydrogen-bond acceptors (Lipinski definition) is 2. The lowest BCUT2D eigenvalue weighted by Crippen LogP contribution is -2.37. The molecule has 0 aromatic heterocycles. The van der Waals surface area contributed by atoms with E-state index in [0.29, 0.717) is 6.61 Å². The van der Waals surface area contributed by atoms with Gasteiger partial charge in [-0.05, 0) is 24.5 Å². The van der Waals surface area contributed by atoms with E-state index in [0.717, 1.165) is 32.1 Å². The van der Waals surface area contributed by atoms with Crippen LogP contribution in [0.15, 0.2) is 29.3 Å². The summed E-state index contributed by atoms with van der Waals surface area (Å²) < 4.78 is 5.37. The molecule has 1 rings (SSSR count). The Balaban J connectivity index is 0.00000361. The van der Waals surface area contributed by atoms with Gasteiger partial charge in [0.25, 0.3) is 0 Å². The molecule has 4 nitrogen and oxygen atoms in total. The number of benzene rings is 1. The molecule has 20 heavy (non-hydrogen) atoms. The summed E-state index contributed by atoms with van der Waals surface area (Å²) in [6.45, 7) is 7.29. The van der Waals surface area contributed by atoms with Gasteiger partial charge in [0.15, 0.2) is 5.96 Å². The summed E-state index contributed by atoms with van der Waals surface area (Å²) in [5.41, 5.74) is 2.44. The molecule has 0 bridgehead atoms. The Morgan fingerprint density at radius 3 is 2.30 bits per heavy atom. The molecule has 1 aromatic rings. The van der Waals surface area contributed by atoms with Gasteiger partial charge in [0, 0.05) is 26.7 Å². The fraction of sp³-hybridized carbons (Fsp3) is 0.533. The minimum absolute atomic E-state index is 0. The maximum atomic E-state index is 5.37. The van der Waals surface area contributed by atoms with Crippen molar-refractivity contribution in [2.45, 2.75) is 33.4 Å². The Kier molecular flexibility index (Phi) is 11.5. The summed E-state index contributed by atoms with van der Waals surface area (Å²) in [6.07, 6.45) is 1.09. The van der Waals surface area contributed by atoms with Crippen LogP contribution in [0.25, 0.3) is 0 Å². The molecule has 0 aliphatic carbocycles. The highest BCUT2D eigenvalue weighted by molar-refractivity contribution is 14.0. The fourth-order valence-corrected chi connectivity index (χ4v) is 1.62. The molecule has 5 heteroatoms. The van der Waals surface area contributed by atoms with Gasteiger partial charge in [-0.1, -0.05) is 31.2 Å². The van der Waals surface area contributed by atoms with Gasteiger partial charge in [-0.2, -0.15) is 0 Å². The minimum atomic E-state index is 0. The highest BCUT2D eigenvalue weighted by Crippen LogP contribution is 2.05. The third-order valence-electron chi connectivity index (χ3n) is 2.72. The normalized spacial score (nSPS) is 10.8. The highest BCUT2D eigenvalue weighted by atomic mass is 127. The van der Waals surface area contributed by atoms with Gasteiger partial charge >= 0.3 is 0 Å². The van der Waals surface area contributed by atoms with Crippen molar-refractivity contribution in [2.24, 2.45) is 4.99 Å². The molecule has 0 saturated carbocycles. The van der Waals surface area contributed by atoms with Crippen LogP contribution in [0, 0.1) is 0 Å². The molecular weight excluding hydrogens is 365 g/mol. The van der Waals surface area contributed by atoms with Crippen molar-refractivity contribution in [2.75, 3.05) is 20.2 Å². The van der Waals surface area contributed by atoms with Gasteiger partial charge in [0.1, 0.15) is 0 Å². The number of guanidine groups is 1. The van der Waals surface area contributed by atoms with Crippen molar-refractivity contribution < 1.29 is 4.74 Å². The van der Waals surface area contributed by atoms with Crippen LogP contribution < -0.4 is 10.6 Å². The second kappa shape index (κ2) is 12.0. The molecule has 0 fully saturated rings. The lowest BCUT2D eigenvalue weighted by molar-refractivity contribution is 0.134. The smallest absolute Gasteiger partial charge is 0.191 e. The maximum Gasteiger partial charge on any atom is 0.191 e. The van der Waals surface area contributed by atoms with E-state index in [1.807, 2.05) is 6.92 Å². The van der Waals surface area contributed by atoms with E-state index >= 15 is 0 Å². The predicted octanol–water partition coefficient (Wildman–Crippen LogP) is 2.92.